The summed E-state index contributed by atoms with van der Waals surface area (Å²) in [5, 5.41) is 9.56. The first kappa shape index (κ1) is 49.9. The zero-order valence-corrected chi connectivity index (χ0v) is 34.3. The van der Waals surface area contributed by atoms with E-state index in [0.29, 0.717) is 12.8 Å². The first-order chi connectivity index (χ1) is 25.6. The number of carbonyl (C=O) groups is 2. The van der Waals surface area contributed by atoms with Crippen LogP contribution < -0.4 is 0 Å². The second-order valence-corrected chi connectivity index (χ2v) is 14.8. The Morgan fingerprint density at radius 3 is 1.23 bits per heavy atom. The third-order valence-electron chi connectivity index (χ3n) is 9.60. The first-order valence-electron chi connectivity index (χ1n) is 22.2. The van der Waals surface area contributed by atoms with Crippen molar-refractivity contribution in [1.29, 1.82) is 0 Å². The topological polar surface area (TPSA) is 72.8 Å². The second-order valence-electron chi connectivity index (χ2n) is 14.8. The molecule has 5 nitrogen and oxygen atoms in total. The molecule has 0 aromatic rings. The largest absolute Gasteiger partial charge is 0.462 e. The molecule has 0 amide bonds. The Bertz CT molecular complexity index is 873. The maximum Gasteiger partial charge on any atom is 0.306 e. The molecule has 0 aliphatic heterocycles. The second kappa shape index (κ2) is 43.3. The van der Waals surface area contributed by atoms with Crippen LogP contribution in [0.3, 0.4) is 0 Å². The van der Waals surface area contributed by atoms with Gasteiger partial charge < -0.3 is 14.6 Å². The Hall–Kier alpha value is -2.14. The molecule has 0 aliphatic rings. The van der Waals surface area contributed by atoms with Crippen molar-refractivity contribution in [3.63, 3.8) is 0 Å². The predicted molar refractivity (Wildman–Crippen MR) is 224 cm³/mol. The molecule has 0 bridgehead atoms. The Balaban J connectivity index is 3.50. The van der Waals surface area contributed by atoms with Crippen LogP contribution in [0.25, 0.3) is 0 Å². The monoisotopic (exact) mass is 729 g/mol. The highest BCUT2D eigenvalue weighted by molar-refractivity contribution is 5.70. The third-order valence-corrected chi connectivity index (χ3v) is 9.60. The van der Waals surface area contributed by atoms with Gasteiger partial charge in [-0.05, 0) is 70.6 Å². The van der Waals surface area contributed by atoms with E-state index in [-0.39, 0.29) is 25.2 Å². The number of ether oxygens (including phenoxy) is 2. The maximum absolute atomic E-state index is 12.2. The van der Waals surface area contributed by atoms with Crippen molar-refractivity contribution in [1.82, 2.24) is 0 Å². The summed E-state index contributed by atoms with van der Waals surface area (Å²) in [7, 11) is 0. The number of carbonyl (C=O) groups excluding carboxylic acids is 2. The lowest BCUT2D eigenvalue weighted by molar-refractivity contribution is -0.161. The van der Waals surface area contributed by atoms with Crippen LogP contribution in [0.4, 0.5) is 0 Å². The lowest BCUT2D eigenvalue weighted by atomic mass is 10.0. The Labute approximate surface area is 322 Å². The number of aliphatic hydroxyl groups excluding tert-OH is 1. The van der Waals surface area contributed by atoms with Gasteiger partial charge in [-0.1, -0.05) is 184 Å². The fourth-order valence-corrected chi connectivity index (χ4v) is 6.19. The molecule has 1 unspecified atom stereocenters. The molecule has 0 aliphatic carbocycles. The molecule has 5 heteroatoms. The minimum absolute atomic E-state index is 0.0707. The van der Waals surface area contributed by atoms with Crippen molar-refractivity contribution in [3.8, 4) is 0 Å². The lowest BCUT2D eigenvalue weighted by Crippen LogP contribution is -2.28. The summed E-state index contributed by atoms with van der Waals surface area (Å²) < 4.78 is 10.6. The van der Waals surface area contributed by atoms with Crippen LogP contribution in [-0.2, 0) is 19.1 Å². The van der Waals surface area contributed by atoms with E-state index in [2.05, 4.69) is 62.5 Å². The average molecular weight is 729 g/mol. The highest BCUT2D eigenvalue weighted by atomic mass is 16.6. The van der Waals surface area contributed by atoms with E-state index in [4.69, 9.17) is 9.47 Å². The molecule has 0 saturated heterocycles. The Morgan fingerprint density at radius 2 is 0.788 bits per heavy atom. The fourth-order valence-electron chi connectivity index (χ4n) is 6.19. The Kier molecular flexibility index (Phi) is 41.5. The van der Waals surface area contributed by atoms with Gasteiger partial charge in [-0.3, -0.25) is 9.59 Å². The maximum atomic E-state index is 12.2. The van der Waals surface area contributed by atoms with Gasteiger partial charge in [0.05, 0.1) is 6.61 Å². The smallest absolute Gasteiger partial charge is 0.306 e. The minimum Gasteiger partial charge on any atom is -0.462 e. The molecule has 52 heavy (non-hydrogen) atoms. The number of aliphatic hydroxyl groups is 1. The quantitative estimate of drug-likeness (QED) is 0.0386. The summed E-state index contributed by atoms with van der Waals surface area (Å²) in [5.74, 6) is -0.603. The molecule has 0 heterocycles. The van der Waals surface area contributed by atoms with Crippen LogP contribution in [-0.4, -0.2) is 36.4 Å². The Morgan fingerprint density at radius 1 is 0.442 bits per heavy atom. The van der Waals surface area contributed by atoms with E-state index in [1.165, 1.54) is 135 Å². The predicted octanol–water partition coefficient (Wildman–Crippen LogP) is 14.2. The molecule has 0 aromatic carbocycles. The molecule has 0 spiro atoms. The minimum atomic E-state index is -0.775. The molecule has 0 saturated carbocycles. The lowest BCUT2D eigenvalue weighted by Gasteiger charge is -2.15. The van der Waals surface area contributed by atoms with Gasteiger partial charge in [0.25, 0.3) is 0 Å². The van der Waals surface area contributed by atoms with Crippen molar-refractivity contribution in [2.45, 2.75) is 225 Å². The van der Waals surface area contributed by atoms with E-state index in [9.17, 15) is 14.7 Å². The van der Waals surface area contributed by atoms with Crippen LogP contribution in [0.15, 0.2) is 48.6 Å². The zero-order valence-electron chi connectivity index (χ0n) is 34.3. The van der Waals surface area contributed by atoms with Crippen LogP contribution in [0.2, 0.25) is 0 Å². The first-order valence-corrected chi connectivity index (χ1v) is 22.2. The molecule has 0 rings (SSSR count). The molecule has 0 fully saturated rings. The zero-order chi connectivity index (χ0) is 37.8. The van der Waals surface area contributed by atoms with Crippen LogP contribution in [0.5, 0.6) is 0 Å². The molecule has 0 aromatic heterocycles. The number of unbranched alkanes of at least 4 members (excludes halogenated alkanes) is 24. The summed E-state index contributed by atoms with van der Waals surface area (Å²) in [6.45, 7) is 4.08. The van der Waals surface area contributed by atoms with E-state index < -0.39 is 6.10 Å². The van der Waals surface area contributed by atoms with Crippen LogP contribution >= 0.6 is 0 Å². The number of hydrogen-bond acceptors (Lipinski definition) is 5. The number of hydrogen-bond donors (Lipinski definition) is 1. The van der Waals surface area contributed by atoms with Crippen molar-refractivity contribution in [2.24, 2.45) is 0 Å². The SMILES string of the molecule is CCCC/C=C\CCCCCCCC(=O)OCC(CO)OC(=O)CCCCCCCCCCCCCC/C=C\C/C=C\C/C=C\CCCCCCC. The van der Waals surface area contributed by atoms with E-state index >= 15 is 0 Å². The summed E-state index contributed by atoms with van der Waals surface area (Å²) in [5.41, 5.74) is 0. The van der Waals surface area contributed by atoms with Gasteiger partial charge in [-0.2, -0.15) is 0 Å². The standard InChI is InChI=1S/C47H84O5/c1-3-5-7-9-11-13-15-16-17-18-19-20-21-22-23-24-25-26-27-28-29-30-32-34-36-38-40-42-47(50)52-45(43-48)44-51-46(49)41-39-37-35-33-31-14-12-10-8-6-4-2/h10,12,15-16,18-19,21-22,45,48H,3-9,11,13-14,17,20,23-44H2,1-2H3/b12-10-,16-15-,19-18-,22-21-. The van der Waals surface area contributed by atoms with Crippen molar-refractivity contribution in [2.75, 3.05) is 13.2 Å². The van der Waals surface area contributed by atoms with Gasteiger partial charge in [0.1, 0.15) is 6.61 Å². The third kappa shape index (κ3) is 40.6. The summed E-state index contributed by atoms with van der Waals surface area (Å²) in [4.78, 5) is 24.3. The van der Waals surface area contributed by atoms with Gasteiger partial charge in [0.2, 0.25) is 0 Å². The van der Waals surface area contributed by atoms with Gasteiger partial charge >= 0.3 is 11.9 Å². The van der Waals surface area contributed by atoms with Crippen LogP contribution in [0.1, 0.15) is 219 Å². The van der Waals surface area contributed by atoms with Crippen molar-refractivity contribution in [3.05, 3.63) is 48.6 Å². The number of esters is 2. The molecule has 302 valence electrons. The van der Waals surface area contributed by atoms with Gasteiger partial charge in [0, 0.05) is 12.8 Å². The van der Waals surface area contributed by atoms with E-state index in [1.54, 1.807) is 0 Å². The molecule has 1 N–H and O–H groups in total. The number of allylic oxidation sites excluding steroid dienone is 8. The van der Waals surface area contributed by atoms with E-state index in [0.717, 1.165) is 57.8 Å². The summed E-state index contributed by atoms with van der Waals surface area (Å²) in [6.07, 6.45) is 54.8. The normalized spacial score (nSPS) is 12.6. The fraction of sp³-hybridized carbons (Fsp3) is 0.787. The summed E-state index contributed by atoms with van der Waals surface area (Å²) in [6, 6.07) is 0. The van der Waals surface area contributed by atoms with Crippen LogP contribution in [0, 0.1) is 0 Å². The van der Waals surface area contributed by atoms with Crippen molar-refractivity contribution < 1.29 is 24.2 Å². The highest BCUT2D eigenvalue weighted by Gasteiger charge is 2.16. The van der Waals surface area contributed by atoms with Crippen molar-refractivity contribution >= 4 is 11.9 Å². The molecular weight excluding hydrogens is 645 g/mol. The molecule has 0 radical (unpaired) electrons. The summed E-state index contributed by atoms with van der Waals surface area (Å²) >= 11 is 0. The van der Waals surface area contributed by atoms with E-state index in [1.807, 2.05) is 0 Å². The molecule has 1 atom stereocenters. The molecular formula is C47H84O5. The van der Waals surface area contributed by atoms with Gasteiger partial charge in [0.15, 0.2) is 6.10 Å². The van der Waals surface area contributed by atoms with Gasteiger partial charge in [-0.25, -0.2) is 0 Å². The number of rotatable bonds is 40. The van der Waals surface area contributed by atoms with Gasteiger partial charge in [-0.15, -0.1) is 0 Å². The highest BCUT2D eigenvalue weighted by Crippen LogP contribution is 2.14. The average Bonchev–Trinajstić information content (AvgIpc) is 3.15.